The molecule has 1 heterocycles. The van der Waals surface area contributed by atoms with E-state index in [0.717, 1.165) is 22.2 Å². The summed E-state index contributed by atoms with van der Waals surface area (Å²) in [5.41, 5.74) is 0. The van der Waals surface area contributed by atoms with E-state index in [1.807, 2.05) is 6.20 Å². The van der Waals surface area contributed by atoms with Crippen LogP contribution in [0.2, 0.25) is 0 Å². The van der Waals surface area contributed by atoms with Gasteiger partial charge in [-0.3, -0.25) is 0 Å². The van der Waals surface area contributed by atoms with E-state index in [-0.39, 0.29) is 0 Å². The molecule has 1 aliphatic carbocycles. The van der Waals surface area contributed by atoms with Crippen LogP contribution in [0, 0.1) is 0 Å². The number of alkyl halides is 1. The van der Waals surface area contributed by atoms with E-state index in [4.69, 9.17) is 0 Å². The molecule has 0 aliphatic heterocycles. The minimum Gasteiger partial charge on any atom is -0.354 e. The predicted octanol–water partition coefficient (Wildman–Crippen LogP) is 3.99. The molecule has 88 valence electrons. The average Bonchev–Trinajstić information content (AvgIpc) is 2.23. The van der Waals surface area contributed by atoms with Crippen LogP contribution in [-0.4, -0.2) is 22.9 Å². The van der Waals surface area contributed by atoms with Gasteiger partial charge in [-0.05, 0) is 53.7 Å². The van der Waals surface area contributed by atoms with Crippen LogP contribution in [-0.2, 0) is 0 Å². The number of hydrogen-bond acceptors (Lipinski definition) is 2. The maximum absolute atomic E-state index is 4.50. The number of nitrogens with zero attached hydrogens (tertiary/aromatic N) is 2. The quantitative estimate of drug-likeness (QED) is 0.749. The fourth-order valence-electron chi connectivity index (χ4n) is 1.95. The molecule has 1 aromatic heterocycles. The van der Waals surface area contributed by atoms with Crippen LogP contribution in [0.4, 0.5) is 5.82 Å². The highest BCUT2D eigenvalue weighted by atomic mass is 79.9. The molecular formula is C12H16Br2N2. The Morgan fingerprint density at radius 1 is 1.38 bits per heavy atom. The molecule has 0 radical (unpaired) electrons. The van der Waals surface area contributed by atoms with Crippen molar-refractivity contribution in [2.45, 2.75) is 31.7 Å². The van der Waals surface area contributed by atoms with Gasteiger partial charge in [0.25, 0.3) is 0 Å². The first-order chi connectivity index (χ1) is 7.81. The highest BCUT2D eigenvalue weighted by Gasteiger charge is 2.25. The van der Waals surface area contributed by atoms with E-state index < -0.39 is 0 Å². The minimum absolute atomic E-state index is 0.715. The second-order valence-electron chi connectivity index (χ2n) is 4.16. The molecule has 4 heteroatoms. The maximum Gasteiger partial charge on any atom is 0.128 e. The van der Waals surface area contributed by atoms with Crippen LogP contribution in [0.1, 0.15) is 25.7 Å². The number of rotatable bonds is 5. The summed E-state index contributed by atoms with van der Waals surface area (Å²) in [6, 6.07) is 4.89. The molecule has 0 amide bonds. The van der Waals surface area contributed by atoms with Gasteiger partial charge in [-0.2, -0.15) is 0 Å². The van der Waals surface area contributed by atoms with Crippen molar-refractivity contribution in [2.75, 3.05) is 16.8 Å². The van der Waals surface area contributed by atoms with Gasteiger partial charge in [0.15, 0.2) is 0 Å². The average molecular weight is 348 g/mol. The standard InChI is InChI=1S/C12H16Br2N2/c13-7-2-8-16(11-3-1-4-11)12-6-5-10(14)9-15-12/h5-6,9,11H,1-4,7-8H2. The van der Waals surface area contributed by atoms with E-state index >= 15 is 0 Å². The smallest absolute Gasteiger partial charge is 0.128 e. The zero-order chi connectivity index (χ0) is 11.4. The van der Waals surface area contributed by atoms with Crippen molar-refractivity contribution in [3.8, 4) is 0 Å². The SMILES string of the molecule is BrCCCN(c1ccc(Br)cn1)C1CCC1. The van der Waals surface area contributed by atoms with Gasteiger partial charge in [0.1, 0.15) is 5.82 Å². The molecule has 16 heavy (non-hydrogen) atoms. The molecule has 0 aromatic carbocycles. The molecule has 0 saturated heterocycles. The molecule has 2 nitrogen and oxygen atoms in total. The molecule has 2 rings (SSSR count). The molecule has 0 spiro atoms. The largest absolute Gasteiger partial charge is 0.354 e. The van der Waals surface area contributed by atoms with Gasteiger partial charge in [0.2, 0.25) is 0 Å². The van der Waals surface area contributed by atoms with Gasteiger partial charge in [0, 0.05) is 28.6 Å². The normalized spacial score (nSPS) is 15.9. The van der Waals surface area contributed by atoms with E-state index in [0.29, 0.717) is 6.04 Å². The fraction of sp³-hybridized carbons (Fsp3) is 0.583. The second-order valence-corrected chi connectivity index (χ2v) is 5.86. The monoisotopic (exact) mass is 346 g/mol. The first kappa shape index (κ1) is 12.4. The molecule has 0 unspecified atom stereocenters. The van der Waals surface area contributed by atoms with Crippen molar-refractivity contribution in [1.29, 1.82) is 0 Å². The minimum atomic E-state index is 0.715. The van der Waals surface area contributed by atoms with Crippen LogP contribution in [0.25, 0.3) is 0 Å². The van der Waals surface area contributed by atoms with Gasteiger partial charge in [-0.1, -0.05) is 15.9 Å². The van der Waals surface area contributed by atoms with E-state index in [9.17, 15) is 0 Å². The Labute approximate surface area is 114 Å². The molecule has 0 atom stereocenters. The Bertz CT molecular complexity index is 322. The molecule has 0 bridgehead atoms. The van der Waals surface area contributed by atoms with Crippen molar-refractivity contribution in [1.82, 2.24) is 4.98 Å². The molecule has 0 N–H and O–H groups in total. The predicted molar refractivity (Wildman–Crippen MR) is 75.3 cm³/mol. The van der Waals surface area contributed by atoms with Gasteiger partial charge in [0.05, 0.1) is 0 Å². The van der Waals surface area contributed by atoms with E-state index in [1.165, 1.54) is 25.7 Å². The summed E-state index contributed by atoms with van der Waals surface area (Å²) in [5, 5.41) is 1.06. The number of halogens is 2. The zero-order valence-corrected chi connectivity index (χ0v) is 12.4. The Hall–Kier alpha value is -0.0900. The second kappa shape index (κ2) is 6.01. The summed E-state index contributed by atoms with van der Waals surface area (Å²) in [6.07, 6.45) is 7.06. The molecular weight excluding hydrogens is 332 g/mol. The summed E-state index contributed by atoms with van der Waals surface area (Å²) in [5.74, 6) is 1.12. The third-order valence-electron chi connectivity index (χ3n) is 3.05. The summed E-state index contributed by atoms with van der Waals surface area (Å²) < 4.78 is 1.05. The maximum atomic E-state index is 4.50. The van der Waals surface area contributed by atoms with Crippen molar-refractivity contribution in [2.24, 2.45) is 0 Å². The van der Waals surface area contributed by atoms with Gasteiger partial charge < -0.3 is 4.90 Å². The summed E-state index contributed by atoms with van der Waals surface area (Å²) in [7, 11) is 0. The number of anilines is 1. The van der Waals surface area contributed by atoms with Crippen LogP contribution in [0.5, 0.6) is 0 Å². The summed E-state index contributed by atoms with van der Waals surface area (Å²) in [4.78, 5) is 6.95. The Morgan fingerprint density at radius 3 is 2.69 bits per heavy atom. The molecule has 1 aliphatic rings. The van der Waals surface area contributed by atoms with Crippen LogP contribution >= 0.6 is 31.9 Å². The van der Waals surface area contributed by atoms with Gasteiger partial charge in [-0.25, -0.2) is 4.98 Å². The lowest BCUT2D eigenvalue weighted by Crippen LogP contribution is -2.41. The summed E-state index contributed by atoms with van der Waals surface area (Å²) in [6.45, 7) is 1.10. The van der Waals surface area contributed by atoms with Crippen molar-refractivity contribution < 1.29 is 0 Å². The van der Waals surface area contributed by atoms with Crippen molar-refractivity contribution in [3.05, 3.63) is 22.8 Å². The fourth-order valence-corrected chi connectivity index (χ4v) is 2.44. The lowest BCUT2D eigenvalue weighted by Gasteiger charge is -2.38. The number of hydrogen-bond donors (Lipinski definition) is 0. The van der Waals surface area contributed by atoms with Crippen LogP contribution < -0.4 is 4.90 Å². The van der Waals surface area contributed by atoms with E-state index in [2.05, 4.69) is 53.9 Å². The lowest BCUT2D eigenvalue weighted by molar-refractivity contribution is 0.384. The third-order valence-corrected chi connectivity index (χ3v) is 4.08. The lowest BCUT2D eigenvalue weighted by atomic mass is 9.91. The Kier molecular flexibility index (Phi) is 4.65. The third kappa shape index (κ3) is 2.98. The highest BCUT2D eigenvalue weighted by molar-refractivity contribution is 9.10. The Balaban J connectivity index is 2.07. The molecule has 1 fully saturated rings. The number of pyridine rings is 1. The molecule has 1 saturated carbocycles. The van der Waals surface area contributed by atoms with Crippen LogP contribution in [0.15, 0.2) is 22.8 Å². The number of aromatic nitrogens is 1. The van der Waals surface area contributed by atoms with Gasteiger partial charge >= 0.3 is 0 Å². The highest BCUT2D eigenvalue weighted by Crippen LogP contribution is 2.29. The Morgan fingerprint density at radius 2 is 2.19 bits per heavy atom. The van der Waals surface area contributed by atoms with Crippen molar-refractivity contribution >= 4 is 37.7 Å². The first-order valence-corrected chi connectivity index (χ1v) is 7.67. The first-order valence-electron chi connectivity index (χ1n) is 5.75. The van der Waals surface area contributed by atoms with E-state index in [1.54, 1.807) is 0 Å². The molecule has 1 aromatic rings. The van der Waals surface area contributed by atoms with Gasteiger partial charge in [-0.15, -0.1) is 0 Å². The topological polar surface area (TPSA) is 16.1 Å². The zero-order valence-electron chi connectivity index (χ0n) is 9.20. The summed E-state index contributed by atoms with van der Waals surface area (Å²) >= 11 is 6.92. The van der Waals surface area contributed by atoms with Crippen LogP contribution in [0.3, 0.4) is 0 Å². The van der Waals surface area contributed by atoms with Crippen molar-refractivity contribution in [3.63, 3.8) is 0 Å².